The van der Waals surface area contributed by atoms with Gasteiger partial charge < -0.3 is 4.90 Å². The van der Waals surface area contributed by atoms with Crippen molar-refractivity contribution < 1.29 is 4.79 Å². The van der Waals surface area contributed by atoms with Gasteiger partial charge in [0.15, 0.2) is 0 Å². The van der Waals surface area contributed by atoms with Gasteiger partial charge in [0.1, 0.15) is 0 Å². The SMILES string of the molecule is CC#CCC.CN(C)C(=O)C1CC1. The molecule has 1 aliphatic rings. The van der Waals surface area contributed by atoms with E-state index in [2.05, 4.69) is 11.8 Å². The van der Waals surface area contributed by atoms with Crippen molar-refractivity contribution in [2.75, 3.05) is 14.1 Å². The zero-order valence-electron chi connectivity index (χ0n) is 9.05. The van der Waals surface area contributed by atoms with E-state index in [9.17, 15) is 4.79 Å². The number of nitrogens with zero attached hydrogens (tertiary/aromatic N) is 1. The summed E-state index contributed by atoms with van der Waals surface area (Å²) in [4.78, 5) is 12.5. The highest BCUT2D eigenvalue weighted by molar-refractivity contribution is 5.80. The van der Waals surface area contributed by atoms with Gasteiger partial charge in [-0.15, -0.1) is 11.8 Å². The van der Waals surface area contributed by atoms with Crippen LogP contribution in [-0.4, -0.2) is 24.9 Å². The molecule has 0 aromatic rings. The molecule has 1 saturated carbocycles. The van der Waals surface area contributed by atoms with Gasteiger partial charge in [-0.25, -0.2) is 0 Å². The van der Waals surface area contributed by atoms with E-state index in [0.29, 0.717) is 11.8 Å². The van der Waals surface area contributed by atoms with E-state index in [-0.39, 0.29) is 0 Å². The van der Waals surface area contributed by atoms with E-state index in [1.54, 1.807) is 19.0 Å². The molecule has 0 spiro atoms. The summed E-state index contributed by atoms with van der Waals surface area (Å²) in [6, 6.07) is 0. The Hall–Kier alpha value is -0.970. The van der Waals surface area contributed by atoms with Crippen LogP contribution in [0.3, 0.4) is 0 Å². The lowest BCUT2D eigenvalue weighted by molar-refractivity contribution is -0.129. The molecule has 1 fully saturated rings. The highest BCUT2D eigenvalue weighted by Crippen LogP contribution is 2.29. The van der Waals surface area contributed by atoms with Crippen LogP contribution < -0.4 is 0 Å². The number of amides is 1. The van der Waals surface area contributed by atoms with E-state index in [4.69, 9.17) is 0 Å². The Balaban J connectivity index is 0.000000252. The molecule has 2 heteroatoms. The normalized spacial score (nSPS) is 13.2. The minimum atomic E-state index is 0.296. The highest BCUT2D eigenvalue weighted by Gasteiger charge is 2.30. The van der Waals surface area contributed by atoms with Gasteiger partial charge in [0.05, 0.1) is 0 Å². The standard InChI is InChI=1S/C6H11NO.C5H8/c1-7(2)6(8)5-3-4-5;1-3-5-4-2/h5H,3-4H2,1-2H3;3H2,1-2H3. The van der Waals surface area contributed by atoms with Crippen LogP contribution in [-0.2, 0) is 4.79 Å². The summed E-state index contributed by atoms with van der Waals surface area (Å²) in [7, 11) is 3.61. The minimum absolute atomic E-state index is 0.296. The summed E-state index contributed by atoms with van der Waals surface area (Å²) >= 11 is 0. The van der Waals surface area contributed by atoms with Gasteiger partial charge in [0, 0.05) is 26.4 Å². The van der Waals surface area contributed by atoms with Crippen LogP contribution in [0.2, 0.25) is 0 Å². The van der Waals surface area contributed by atoms with E-state index >= 15 is 0 Å². The van der Waals surface area contributed by atoms with Gasteiger partial charge in [-0.2, -0.15) is 0 Å². The van der Waals surface area contributed by atoms with Crippen LogP contribution >= 0.6 is 0 Å². The third-order valence-corrected chi connectivity index (χ3v) is 1.72. The molecular weight excluding hydrogens is 162 g/mol. The minimum Gasteiger partial charge on any atom is -0.349 e. The number of rotatable bonds is 1. The van der Waals surface area contributed by atoms with Crippen molar-refractivity contribution in [2.24, 2.45) is 5.92 Å². The third kappa shape index (κ3) is 6.21. The van der Waals surface area contributed by atoms with Gasteiger partial charge in [0.2, 0.25) is 5.91 Å². The average Bonchev–Trinajstić information content (AvgIpc) is 2.88. The Kier molecular flexibility index (Phi) is 6.05. The van der Waals surface area contributed by atoms with Crippen molar-refractivity contribution in [3.63, 3.8) is 0 Å². The summed E-state index contributed by atoms with van der Waals surface area (Å²) in [5.74, 6) is 6.30. The molecular formula is C11H19NO. The van der Waals surface area contributed by atoms with Crippen LogP contribution in [0, 0.1) is 17.8 Å². The fourth-order valence-corrected chi connectivity index (χ4v) is 0.872. The molecule has 74 valence electrons. The van der Waals surface area contributed by atoms with Gasteiger partial charge in [-0.3, -0.25) is 4.79 Å². The van der Waals surface area contributed by atoms with Gasteiger partial charge in [-0.05, 0) is 19.8 Å². The fourth-order valence-electron chi connectivity index (χ4n) is 0.872. The first-order valence-electron chi connectivity index (χ1n) is 4.74. The maximum absolute atomic E-state index is 10.8. The topological polar surface area (TPSA) is 20.3 Å². The molecule has 0 atom stereocenters. The molecule has 0 bridgehead atoms. The first-order valence-corrected chi connectivity index (χ1v) is 4.74. The number of carbonyl (C=O) groups excluding carboxylic acids is 1. The lowest BCUT2D eigenvalue weighted by atomic mass is 10.4. The first kappa shape index (κ1) is 12.0. The van der Waals surface area contributed by atoms with Crippen molar-refractivity contribution >= 4 is 5.91 Å². The monoisotopic (exact) mass is 181 g/mol. The Morgan fingerprint density at radius 3 is 2.08 bits per heavy atom. The number of hydrogen-bond donors (Lipinski definition) is 0. The number of carbonyl (C=O) groups is 1. The second-order valence-corrected chi connectivity index (χ2v) is 3.29. The predicted octanol–water partition coefficient (Wildman–Crippen LogP) is 1.90. The summed E-state index contributed by atoms with van der Waals surface area (Å²) in [6.07, 6.45) is 3.20. The Labute approximate surface area is 81.3 Å². The highest BCUT2D eigenvalue weighted by atomic mass is 16.2. The fraction of sp³-hybridized carbons (Fsp3) is 0.727. The number of hydrogen-bond acceptors (Lipinski definition) is 1. The molecule has 13 heavy (non-hydrogen) atoms. The molecule has 0 saturated heterocycles. The van der Waals surface area contributed by atoms with Crippen molar-refractivity contribution in [2.45, 2.75) is 33.1 Å². The Morgan fingerprint density at radius 2 is 2.00 bits per heavy atom. The van der Waals surface area contributed by atoms with Crippen molar-refractivity contribution in [1.29, 1.82) is 0 Å². The van der Waals surface area contributed by atoms with E-state index in [0.717, 1.165) is 19.3 Å². The summed E-state index contributed by atoms with van der Waals surface area (Å²) in [5.41, 5.74) is 0. The molecule has 2 nitrogen and oxygen atoms in total. The molecule has 0 N–H and O–H groups in total. The third-order valence-electron chi connectivity index (χ3n) is 1.72. The second-order valence-electron chi connectivity index (χ2n) is 3.29. The van der Waals surface area contributed by atoms with Crippen LogP contribution in [0.15, 0.2) is 0 Å². The largest absolute Gasteiger partial charge is 0.349 e. The van der Waals surface area contributed by atoms with Crippen molar-refractivity contribution in [3.05, 3.63) is 0 Å². The summed E-state index contributed by atoms with van der Waals surface area (Å²) < 4.78 is 0. The molecule has 0 radical (unpaired) electrons. The predicted molar refractivity (Wildman–Crippen MR) is 55.2 cm³/mol. The first-order chi connectivity index (χ1) is 6.13. The Morgan fingerprint density at radius 1 is 1.46 bits per heavy atom. The maximum atomic E-state index is 10.8. The zero-order chi connectivity index (χ0) is 10.3. The van der Waals surface area contributed by atoms with Crippen LogP contribution in [0.5, 0.6) is 0 Å². The Bertz CT molecular complexity index is 202. The van der Waals surface area contributed by atoms with Gasteiger partial charge in [-0.1, -0.05) is 6.92 Å². The smallest absolute Gasteiger partial charge is 0.225 e. The maximum Gasteiger partial charge on any atom is 0.225 e. The molecule has 0 unspecified atom stereocenters. The van der Waals surface area contributed by atoms with Crippen LogP contribution in [0.25, 0.3) is 0 Å². The second kappa shape index (κ2) is 6.54. The van der Waals surface area contributed by atoms with Crippen LogP contribution in [0.1, 0.15) is 33.1 Å². The van der Waals surface area contributed by atoms with E-state index in [1.165, 1.54) is 0 Å². The molecule has 1 aliphatic carbocycles. The molecule has 0 aliphatic heterocycles. The molecule has 0 aromatic carbocycles. The molecule has 0 aromatic heterocycles. The molecule has 0 heterocycles. The van der Waals surface area contributed by atoms with E-state index in [1.807, 2.05) is 13.8 Å². The van der Waals surface area contributed by atoms with Crippen LogP contribution in [0.4, 0.5) is 0 Å². The zero-order valence-corrected chi connectivity index (χ0v) is 9.05. The van der Waals surface area contributed by atoms with Gasteiger partial charge >= 0.3 is 0 Å². The molecule has 1 amide bonds. The van der Waals surface area contributed by atoms with Crippen molar-refractivity contribution in [3.8, 4) is 11.8 Å². The van der Waals surface area contributed by atoms with E-state index < -0.39 is 0 Å². The average molecular weight is 181 g/mol. The quantitative estimate of drug-likeness (QED) is 0.566. The summed E-state index contributed by atoms with van der Waals surface area (Å²) in [5, 5.41) is 0. The lowest BCUT2D eigenvalue weighted by Gasteiger charge is -2.07. The van der Waals surface area contributed by atoms with Crippen molar-refractivity contribution in [1.82, 2.24) is 4.90 Å². The lowest BCUT2D eigenvalue weighted by Crippen LogP contribution is -2.22. The molecule has 1 rings (SSSR count). The summed E-state index contributed by atoms with van der Waals surface area (Å²) in [6.45, 7) is 3.89. The van der Waals surface area contributed by atoms with Gasteiger partial charge in [0.25, 0.3) is 0 Å².